The fourth-order valence-electron chi connectivity index (χ4n) is 5.28. The summed E-state index contributed by atoms with van der Waals surface area (Å²) in [6, 6.07) is 3.78. The maximum absolute atomic E-state index is 15.1. The fourth-order valence-corrected chi connectivity index (χ4v) is 5.28. The van der Waals surface area contributed by atoms with Crippen LogP contribution in [0.25, 0.3) is 16.4 Å². The number of fused-ring (bicyclic) bond motifs is 2. The van der Waals surface area contributed by atoms with Crippen molar-refractivity contribution in [3.05, 3.63) is 53.5 Å². The summed E-state index contributed by atoms with van der Waals surface area (Å²) in [5.41, 5.74) is 4.08. The van der Waals surface area contributed by atoms with Gasteiger partial charge in [0.25, 0.3) is 5.91 Å². The molecule has 1 aliphatic heterocycles. The SMILES string of the molecule is CCNC1(C)CCN(c2ccc(C(=O)Nc3cn4cc(C)nc(C)c4c3F)c3nn(C)cc23)CC1. The van der Waals surface area contributed by atoms with Crippen LogP contribution in [-0.2, 0) is 7.05 Å². The lowest BCUT2D eigenvalue weighted by Gasteiger charge is -2.41. The average Bonchev–Trinajstić information content (AvgIpc) is 3.33. The second-order valence-corrected chi connectivity index (χ2v) is 9.81. The molecule has 3 aromatic heterocycles. The van der Waals surface area contributed by atoms with E-state index in [0.29, 0.717) is 22.3 Å². The third-order valence-electron chi connectivity index (χ3n) is 7.06. The fraction of sp³-hybridized carbons (Fsp3) is 0.423. The highest BCUT2D eigenvalue weighted by atomic mass is 19.1. The third-order valence-corrected chi connectivity index (χ3v) is 7.06. The van der Waals surface area contributed by atoms with Crippen molar-refractivity contribution in [1.82, 2.24) is 24.5 Å². The van der Waals surface area contributed by atoms with Gasteiger partial charge in [0.2, 0.25) is 0 Å². The number of hydrogen-bond donors (Lipinski definition) is 2. The summed E-state index contributed by atoms with van der Waals surface area (Å²) in [6.07, 6.45) is 7.36. The van der Waals surface area contributed by atoms with E-state index in [1.54, 1.807) is 34.5 Å². The number of benzene rings is 1. The highest BCUT2D eigenvalue weighted by molar-refractivity contribution is 6.14. The minimum absolute atomic E-state index is 0.123. The number of halogens is 1. The molecule has 8 nitrogen and oxygen atoms in total. The van der Waals surface area contributed by atoms with Crippen molar-refractivity contribution in [2.24, 2.45) is 7.05 Å². The summed E-state index contributed by atoms with van der Waals surface area (Å²) in [6.45, 7) is 10.8. The van der Waals surface area contributed by atoms with Crippen molar-refractivity contribution in [2.75, 3.05) is 29.9 Å². The Balaban J connectivity index is 1.45. The summed E-state index contributed by atoms with van der Waals surface area (Å²) in [5.74, 6) is -0.884. The van der Waals surface area contributed by atoms with E-state index in [2.05, 4.69) is 39.5 Å². The normalized spacial score (nSPS) is 15.8. The average molecular weight is 478 g/mol. The van der Waals surface area contributed by atoms with Crippen LogP contribution in [0.5, 0.6) is 0 Å². The van der Waals surface area contributed by atoms with Crippen LogP contribution in [0.3, 0.4) is 0 Å². The van der Waals surface area contributed by atoms with Crippen LogP contribution in [-0.4, -0.2) is 50.2 Å². The van der Waals surface area contributed by atoms with Gasteiger partial charge in [-0.05, 0) is 52.3 Å². The monoisotopic (exact) mass is 477 g/mol. The van der Waals surface area contributed by atoms with Gasteiger partial charge in [0.05, 0.1) is 22.6 Å². The van der Waals surface area contributed by atoms with E-state index >= 15 is 4.39 Å². The summed E-state index contributed by atoms with van der Waals surface area (Å²) >= 11 is 0. The van der Waals surface area contributed by atoms with Gasteiger partial charge >= 0.3 is 0 Å². The number of hydrogen-bond acceptors (Lipinski definition) is 5. The molecule has 2 N–H and O–H groups in total. The van der Waals surface area contributed by atoms with Gasteiger partial charge in [0.15, 0.2) is 5.82 Å². The lowest BCUT2D eigenvalue weighted by molar-refractivity contribution is 0.102. The number of amides is 1. The number of piperidine rings is 1. The van der Waals surface area contributed by atoms with Crippen LogP contribution in [0.2, 0.25) is 0 Å². The molecule has 4 heterocycles. The molecule has 1 aliphatic rings. The van der Waals surface area contributed by atoms with E-state index in [1.807, 2.05) is 26.2 Å². The molecule has 1 fully saturated rings. The maximum Gasteiger partial charge on any atom is 0.258 e. The molecule has 4 aromatic rings. The number of rotatable bonds is 5. The van der Waals surface area contributed by atoms with Gasteiger partial charge in [-0.2, -0.15) is 5.10 Å². The molecule has 1 aromatic carbocycles. The Kier molecular flexibility index (Phi) is 5.75. The van der Waals surface area contributed by atoms with E-state index in [4.69, 9.17) is 0 Å². The van der Waals surface area contributed by atoms with Crippen molar-refractivity contribution in [3.8, 4) is 0 Å². The zero-order chi connectivity index (χ0) is 24.9. The zero-order valence-corrected chi connectivity index (χ0v) is 20.9. The largest absolute Gasteiger partial charge is 0.371 e. The molecule has 0 aliphatic carbocycles. The van der Waals surface area contributed by atoms with Crippen molar-refractivity contribution < 1.29 is 9.18 Å². The third kappa shape index (κ3) is 4.14. The number of nitrogens with one attached hydrogen (secondary N) is 2. The molecule has 184 valence electrons. The van der Waals surface area contributed by atoms with E-state index in [1.165, 1.54) is 0 Å². The predicted octanol–water partition coefficient (Wildman–Crippen LogP) is 4.20. The Bertz CT molecular complexity index is 1430. The quantitative estimate of drug-likeness (QED) is 0.451. The Labute approximate surface area is 204 Å². The van der Waals surface area contributed by atoms with E-state index in [0.717, 1.165) is 49.2 Å². The Morgan fingerprint density at radius 1 is 1.17 bits per heavy atom. The lowest BCUT2D eigenvalue weighted by Crippen LogP contribution is -2.51. The first kappa shape index (κ1) is 23.3. The van der Waals surface area contributed by atoms with Gasteiger partial charge in [0, 0.05) is 55.3 Å². The molecule has 1 saturated heterocycles. The topological polar surface area (TPSA) is 79.5 Å². The van der Waals surface area contributed by atoms with Gasteiger partial charge in [-0.3, -0.25) is 14.5 Å². The van der Waals surface area contributed by atoms with Gasteiger partial charge in [-0.1, -0.05) is 6.92 Å². The summed E-state index contributed by atoms with van der Waals surface area (Å²) < 4.78 is 18.5. The summed E-state index contributed by atoms with van der Waals surface area (Å²) in [4.78, 5) is 20.0. The Morgan fingerprint density at radius 2 is 1.91 bits per heavy atom. The van der Waals surface area contributed by atoms with Crippen LogP contribution < -0.4 is 15.5 Å². The van der Waals surface area contributed by atoms with Gasteiger partial charge in [0.1, 0.15) is 11.0 Å². The highest BCUT2D eigenvalue weighted by Gasteiger charge is 2.30. The number of anilines is 2. The first-order chi connectivity index (χ1) is 16.7. The summed E-state index contributed by atoms with van der Waals surface area (Å²) in [5, 5.41) is 11.9. The van der Waals surface area contributed by atoms with Gasteiger partial charge in [-0.25, -0.2) is 4.39 Å². The van der Waals surface area contributed by atoms with E-state index in [-0.39, 0.29) is 11.2 Å². The van der Waals surface area contributed by atoms with Gasteiger partial charge < -0.3 is 19.9 Å². The summed E-state index contributed by atoms with van der Waals surface area (Å²) in [7, 11) is 1.85. The smallest absolute Gasteiger partial charge is 0.258 e. The van der Waals surface area contributed by atoms with Crippen molar-refractivity contribution in [2.45, 2.75) is 46.1 Å². The Hall–Kier alpha value is -3.46. The van der Waals surface area contributed by atoms with Crippen molar-refractivity contribution >= 4 is 33.7 Å². The van der Waals surface area contributed by atoms with Crippen LogP contribution in [0.4, 0.5) is 15.8 Å². The lowest BCUT2D eigenvalue weighted by atomic mass is 9.89. The minimum atomic E-state index is -0.491. The molecule has 5 rings (SSSR count). The molecule has 0 bridgehead atoms. The van der Waals surface area contributed by atoms with Crippen LogP contribution in [0, 0.1) is 19.7 Å². The zero-order valence-electron chi connectivity index (χ0n) is 20.9. The molecule has 0 spiro atoms. The van der Waals surface area contributed by atoms with Gasteiger partial charge in [-0.15, -0.1) is 0 Å². The minimum Gasteiger partial charge on any atom is -0.371 e. The number of carbonyl (C=O) groups is 1. The number of aromatic nitrogens is 4. The molecule has 9 heteroatoms. The molecule has 35 heavy (non-hydrogen) atoms. The van der Waals surface area contributed by atoms with Crippen molar-refractivity contribution in [3.63, 3.8) is 0 Å². The molecule has 1 amide bonds. The standard InChI is InChI=1S/C26H32FN7O/c1-6-28-26(4)9-11-33(12-10-26)21-8-7-18(23-19(21)14-32(5)31-23)25(35)30-20-15-34-13-16(2)29-17(3)24(34)22(20)27/h7-8,13-15,28H,6,9-12H2,1-5H3,(H,30,35). The van der Waals surface area contributed by atoms with E-state index in [9.17, 15) is 4.79 Å². The van der Waals surface area contributed by atoms with E-state index < -0.39 is 11.7 Å². The number of aryl methyl sites for hydroxylation is 3. The second kappa shape index (κ2) is 8.64. The van der Waals surface area contributed by atoms with Crippen LogP contribution >= 0.6 is 0 Å². The number of nitrogens with zero attached hydrogens (tertiary/aromatic N) is 5. The first-order valence-electron chi connectivity index (χ1n) is 12.1. The van der Waals surface area contributed by atoms with Crippen LogP contribution in [0.1, 0.15) is 48.4 Å². The molecular weight excluding hydrogens is 445 g/mol. The predicted molar refractivity (Wildman–Crippen MR) is 137 cm³/mol. The van der Waals surface area contributed by atoms with Crippen LogP contribution in [0.15, 0.2) is 30.7 Å². The van der Waals surface area contributed by atoms with Crippen molar-refractivity contribution in [1.29, 1.82) is 0 Å². The molecule has 0 unspecified atom stereocenters. The molecular formula is C26H32FN7O. The second-order valence-electron chi connectivity index (χ2n) is 9.81. The Morgan fingerprint density at radius 3 is 2.63 bits per heavy atom. The number of carbonyl (C=O) groups excluding carboxylic acids is 1. The molecule has 0 atom stereocenters. The highest BCUT2D eigenvalue weighted by Crippen LogP contribution is 2.33. The molecule has 0 saturated carbocycles. The maximum atomic E-state index is 15.1. The molecule has 0 radical (unpaired) electrons. The first-order valence-corrected chi connectivity index (χ1v) is 12.1.